The highest BCUT2D eigenvalue weighted by molar-refractivity contribution is 5.66. The molecule has 0 atom stereocenters. The number of rotatable bonds is 27. The third-order valence-electron chi connectivity index (χ3n) is 6.65. The first kappa shape index (κ1) is 31.2. The van der Waals surface area contributed by atoms with Crippen LogP contribution in [0.2, 0.25) is 0 Å². The predicted octanol–water partition coefficient (Wildman–Crippen LogP) is 10.8. The molecule has 0 rings (SSSR count). The van der Waals surface area contributed by atoms with Crippen LogP contribution in [0.25, 0.3) is 0 Å². The second-order valence-corrected chi connectivity index (χ2v) is 9.97. The fourth-order valence-corrected chi connectivity index (χ4v) is 4.47. The molecule has 0 unspecified atom stereocenters. The molecule has 0 bridgehead atoms. The molecule has 2 nitrogen and oxygen atoms in total. The number of aliphatic carboxylic acids is 1. The van der Waals surface area contributed by atoms with Gasteiger partial charge in [-0.3, -0.25) is 4.79 Å². The van der Waals surface area contributed by atoms with Crippen molar-refractivity contribution in [3.63, 3.8) is 0 Å². The number of unbranched alkanes of at least 4 members (excludes halogenated alkanes) is 23. The minimum Gasteiger partial charge on any atom is -0.481 e. The first-order chi connectivity index (χ1) is 15.8. The maximum atomic E-state index is 10.4. The van der Waals surface area contributed by atoms with Crippen molar-refractivity contribution in [1.29, 1.82) is 0 Å². The fraction of sp³-hybridized carbons (Fsp3) is 0.900. The molecular formula is C30H58O2. The Labute approximate surface area is 202 Å². The summed E-state index contributed by atoms with van der Waals surface area (Å²) in [7, 11) is 0. The van der Waals surface area contributed by atoms with Crippen molar-refractivity contribution in [2.24, 2.45) is 0 Å². The second-order valence-electron chi connectivity index (χ2n) is 9.97. The lowest BCUT2D eigenvalue weighted by atomic mass is 10.0. The van der Waals surface area contributed by atoms with Crippen molar-refractivity contribution < 1.29 is 9.90 Å². The Kier molecular flexibility index (Phi) is 27.5. The van der Waals surface area contributed by atoms with Gasteiger partial charge in [0.2, 0.25) is 0 Å². The zero-order valence-corrected chi connectivity index (χ0v) is 21.9. The van der Waals surface area contributed by atoms with Crippen molar-refractivity contribution in [3.8, 4) is 0 Å². The molecule has 0 fully saturated rings. The normalized spacial score (nSPS) is 11.5. The lowest BCUT2D eigenvalue weighted by Crippen LogP contribution is -1.93. The Bertz CT molecular complexity index is 388. The SMILES string of the molecule is CCCCCCCCCCCCCCC=CCCCCCCCCCCCCCC(=O)O. The molecule has 1 N–H and O–H groups in total. The molecule has 0 heterocycles. The molecule has 190 valence electrons. The van der Waals surface area contributed by atoms with E-state index in [1.807, 2.05) is 0 Å². The maximum absolute atomic E-state index is 10.4. The molecule has 0 aliphatic rings. The van der Waals surface area contributed by atoms with Crippen LogP contribution in [0.1, 0.15) is 174 Å². The summed E-state index contributed by atoms with van der Waals surface area (Å²) in [6.45, 7) is 2.29. The number of carboxylic acids is 1. The summed E-state index contributed by atoms with van der Waals surface area (Å²) in [5, 5.41) is 8.60. The lowest BCUT2D eigenvalue weighted by molar-refractivity contribution is -0.137. The molecule has 0 aliphatic carbocycles. The van der Waals surface area contributed by atoms with Crippen LogP contribution in [0.15, 0.2) is 12.2 Å². The van der Waals surface area contributed by atoms with Crippen LogP contribution in [-0.2, 0) is 4.79 Å². The Hall–Kier alpha value is -0.790. The van der Waals surface area contributed by atoms with Crippen LogP contribution in [-0.4, -0.2) is 11.1 Å². The van der Waals surface area contributed by atoms with Gasteiger partial charge in [0.05, 0.1) is 0 Å². The Morgan fingerprint density at radius 2 is 0.750 bits per heavy atom. The molecule has 0 amide bonds. The van der Waals surface area contributed by atoms with E-state index < -0.39 is 5.97 Å². The van der Waals surface area contributed by atoms with Crippen LogP contribution in [0.3, 0.4) is 0 Å². The minimum absolute atomic E-state index is 0.342. The molecule has 0 aromatic rings. The molecule has 0 aromatic heterocycles. The van der Waals surface area contributed by atoms with Gasteiger partial charge in [0.15, 0.2) is 0 Å². The van der Waals surface area contributed by atoms with Gasteiger partial charge in [0.25, 0.3) is 0 Å². The van der Waals surface area contributed by atoms with Crippen LogP contribution in [0.5, 0.6) is 0 Å². The summed E-state index contributed by atoms with van der Waals surface area (Å²) < 4.78 is 0. The van der Waals surface area contributed by atoms with E-state index in [1.165, 1.54) is 148 Å². The number of hydrogen-bond donors (Lipinski definition) is 1. The van der Waals surface area contributed by atoms with Gasteiger partial charge in [-0.2, -0.15) is 0 Å². The van der Waals surface area contributed by atoms with Gasteiger partial charge in [-0.1, -0.05) is 147 Å². The van der Waals surface area contributed by atoms with Crippen LogP contribution in [0, 0.1) is 0 Å². The number of allylic oxidation sites excluding steroid dienone is 2. The van der Waals surface area contributed by atoms with Gasteiger partial charge < -0.3 is 5.11 Å². The number of carbonyl (C=O) groups is 1. The number of carboxylic acid groups (broad SMARTS) is 1. The average molecular weight is 451 g/mol. The quantitative estimate of drug-likeness (QED) is 0.0997. The van der Waals surface area contributed by atoms with E-state index in [0.717, 1.165) is 12.8 Å². The van der Waals surface area contributed by atoms with Gasteiger partial charge in [-0.15, -0.1) is 0 Å². The van der Waals surface area contributed by atoms with Crippen molar-refractivity contribution in [1.82, 2.24) is 0 Å². The van der Waals surface area contributed by atoms with E-state index in [1.54, 1.807) is 0 Å². The molecule has 0 aliphatic heterocycles. The first-order valence-electron chi connectivity index (χ1n) is 14.6. The van der Waals surface area contributed by atoms with Crippen molar-refractivity contribution in [2.75, 3.05) is 0 Å². The molecular weight excluding hydrogens is 392 g/mol. The summed E-state index contributed by atoms with van der Waals surface area (Å²) >= 11 is 0. The van der Waals surface area contributed by atoms with Crippen molar-refractivity contribution in [3.05, 3.63) is 12.2 Å². The molecule has 0 spiro atoms. The minimum atomic E-state index is -0.653. The monoisotopic (exact) mass is 450 g/mol. The third kappa shape index (κ3) is 29.2. The summed E-state index contributed by atoms with van der Waals surface area (Å²) in [5.74, 6) is -0.653. The Balaban J connectivity index is 3.08. The van der Waals surface area contributed by atoms with Crippen LogP contribution < -0.4 is 0 Å². The fourth-order valence-electron chi connectivity index (χ4n) is 4.47. The molecule has 0 saturated carbocycles. The summed E-state index contributed by atoms with van der Waals surface area (Å²) in [5.41, 5.74) is 0. The van der Waals surface area contributed by atoms with E-state index in [2.05, 4.69) is 19.1 Å². The molecule has 0 saturated heterocycles. The molecule has 0 aromatic carbocycles. The Morgan fingerprint density at radius 3 is 1.06 bits per heavy atom. The smallest absolute Gasteiger partial charge is 0.303 e. The van der Waals surface area contributed by atoms with Gasteiger partial charge in [-0.05, 0) is 32.1 Å². The zero-order valence-electron chi connectivity index (χ0n) is 21.9. The van der Waals surface area contributed by atoms with Gasteiger partial charge in [0, 0.05) is 6.42 Å². The summed E-state index contributed by atoms with van der Waals surface area (Å²) in [4.78, 5) is 10.4. The van der Waals surface area contributed by atoms with Crippen LogP contribution >= 0.6 is 0 Å². The topological polar surface area (TPSA) is 37.3 Å². The molecule has 32 heavy (non-hydrogen) atoms. The van der Waals surface area contributed by atoms with E-state index in [4.69, 9.17) is 5.11 Å². The standard InChI is InChI=1S/C30H58O2/c1-2-3-4-5-6-7-8-9-10-11-12-13-14-15-16-17-18-19-20-21-22-23-24-25-26-27-28-29-30(31)32/h15-16H,2-14,17-29H2,1H3,(H,31,32). The van der Waals surface area contributed by atoms with E-state index in [9.17, 15) is 4.79 Å². The van der Waals surface area contributed by atoms with E-state index in [-0.39, 0.29) is 0 Å². The molecule has 2 heteroatoms. The van der Waals surface area contributed by atoms with Crippen LogP contribution in [0.4, 0.5) is 0 Å². The van der Waals surface area contributed by atoms with E-state index in [0.29, 0.717) is 6.42 Å². The lowest BCUT2D eigenvalue weighted by Gasteiger charge is -2.02. The highest BCUT2D eigenvalue weighted by Crippen LogP contribution is 2.14. The molecule has 0 radical (unpaired) electrons. The average Bonchev–Trinajstić information content (AvgIpc) is 2.78. The largest absolute Gasteiger partial charge is 0.481 e. The second kappa shape index (κ2) is 28.2. The van der Waals surface area contributed by atoms with Crippen molar-refractivity contribution in [2.45, 2.75) is 174 Å². The van der Waals surface area contributed by atoms with Gasteiger partial charge >= 0.3 is 5.97 Å². The number of hydrogen-bond acceptors (Lipinski definition) is 1. The van der Waals surface area contributed by atoms with E-state index >= 15 is 0 Å². The Morgan fingerprint density at radius 1 is 0.469 bits per heavy atom. The zero-order chi connectivity index (χ0) is 23.4. The highest BCUT2D eigenvalue weighted by atomic mass is 16.4. The predicted molar refractivity (Wildman–Crippen MR) is 142 cm³/mol. The summed E-state index contributed by atoms with van der Waals surface area (Å²) in [6.07, 6.45) is 39.0. The first-order valence-corrected chi connectivity index (χ1v) is 14.6. The highest BCUT2D eigenvalue weighted by Gasteiger charge is 1.97. The van der Waals surface area contributed by atoms with Crippen molar-refractivity contribution >= 4 is 5.97 Å². The third-order valence-corrected chi connectivity index (χ3v) is 6.65. The summed E-state index contributed by atoms with van der Waals surface area (Å²) in [6, 6.07) is 0. The van der Waals surface area contributed by atoms with Gasteiger partial charge in [0.1, 0.15) is 0 Å². The van der Waals surface area contributed by atoms with Gasteiger partial charge in [-0.25, -0.2) is 0 Å². The maximum Gasteiger partial charge on any atom is 0.303 e.